The van der Waals surface area contributed by atoms with Gasteiger partial charge in [-0.3, -0.25) is 0 Å². The van der Waals surface area contributed by atoms with Crippen molar-refractivity contribution in [2.45, 2.75) is 45.4 Å². The molecule has 68 heavy (non-hydrogen) atoms. The lowest BCUT2D eigenvalue weighted by Gasteiger charge is -2.24. The molecule has 4 heterocycles. The zero-order chi connectivity index (χ0) is 45.6. The molecule has 3 aromatic heterocycles. The molecule has 1 aliphatic carbocycles. The molecular weight excluding hydrogens is 844 g/mol. The third-order valence-corrected chi connectivity index (χ3v) is 16.3. The third kappa shape index (κ3) is 5.72. The largest absolute Gasteiger partial charge is 0.455 e. The van der Waals surface area contributed by atoms with Gasteiger partial charge in [0.25, 0.3) is 0 Å². The second-order valence-corrected chi connectivity index (χ2v) is 21.6. The lowest BCUT2D eigenvalue weighted by Crippen LogP contribution is -2.37. The summed E-state index contributed by atoms with van der Waals surface area (Å²) in [6, 6.07) is 67.7. The summed E-state index contributed by atoms with van der Waals surface area (Å²) in [5, 5.41) is 11.4. The van der Waals surface area contributed by atoms with E-state index in [1.54, 1.807) is 0 Å². The van der Waals surface area contributed by atoms with Gasteiger partial charge >= 0.3 is 0 Å². The van der Waals surface area contributed by atoms with E-state index >= 15 is 0 Å². The fourth-order valence-corrected chi connectivity index (χ4v) is 12.9. The molecule has 0 atom stereocenters. The summed E-state index contributed by atoms with van der Waals surface area (Å²) in [4.78, 5) is 0. The van der Waals surface area contributed by atoms with Gasteiger partial charge in [0.1, 0.15) is 11.5 Å². The number of aromatic nitrogens is 1. The Kier molecular flexibility index (Phi) is 8.27. The van der Waals surface area contributed by atoms with Crippen molar-refractivity contribution >= 4 is 93.7 Å². The van der Waals surface area contributed by atoms with Gasteiger partial charge in [-0.25, -0.2) is 0 Å². The Bertz CT molecular complexity index is 4070. The quantitative estimate of drug-likeness (QED) is 0.175. The number of fused-ring (bicyclic) bond motifs is 12. The third-order valence-electron chi connectivity index (χ3n) is 15.2. The number of hydrogen-bond donors (Lipinski definition) is 1. The predicted octanol–water partition coefficient (Wildman–Crippen LogP) is 15.9. The summed E-state index contributed by atoms with van der Waals surface area (Å²) in [6.45, 7) is 11.6. The molecule has 12 aromatic rings. The minimum Gasteiger partial charge on any atom is -0.455 e. The van der Waals surface area contributed by atoms with E-state index in [1.807, 2.05) is 11.3 Å². The first-order chi connectivity index (χ1) is 33.1. The van der Waals surface area contributed by atoms with Crippen LogP contribution < -0.4 is 16.2 Å². The fraction of sp³-hybridized carbons (Fsp3) is 0.111. The highest BCUT2D eigenvalue weighted by Crippen LogP contribution is 2.52. The molecule has 0 amide bonds. The van der Waals surface area contributed by atoms with Crippen molar-refractivity contribution in [1.29, 1.82) is 0 Å². The maximum atomic E-state index is 7.04. The van der Waals surface area contributed by atoms with Gasteiger partial charge in [0, 0.05) is 86.4 Å². The first kappa shape index (κ1) is 39.6. The van der Waals surface area contributed by atoms with Gasteiger partial charge in [-0.2, -0.15) is 0 Å². The summed E-state index contributed by atoms with van der Waals surface area (Å²) >= 11 is 1.87. The first-order valence-electron chi connectivity index (χ1n) is 23.9. The summed E-state index contributed by atoms with van der Waals surface area (Å²) in [6.07, 6.45) is 0. The highest BCUT2D eigenvalue weighted by molar-refractivity contribution is 7.25. The molecule has 1 N–H and O–H groups in total. The number of thiophene rings is 1. The van der Waals surface area contributed by atoms with Gasteiger partial charge in [-0.1, -0.05) is 174 Å². The van der Waals surface area contributed by atoms with E-state index < -0.39 is 0 Å². The molecular formula is C63H47BN2OS. The number of furan rings is 1. The van der Waals surface area contributed by atoms with Crippen molar-refractivity contribution in [3.05, 3.63) is 199 Å². The van der Waals surface area contributed by atoms with Gasteiger partial charge < -0.3 is 14.3 Å². The van der Waals surface area contributed by atoms with E-state index in [-0.39, 0.29) is 10.8 Å². The van der Waals surface area contributed by atoms with Gasteiger partial charge in [-0.15, -0.1) is 11.3 Å². The predicted molar refractivity (Wildman–Crippen MR) is 292 cm³/mol. The molecule has 9 aromatic carbocycles. The van der Waals surface area contributed by atoms with Crippen LogP contribution in [-0.2, 0) is 10.8 Å². The lowest BCUT2D eigenvalue weighted by atomic mass is 9.58. The normalized spacial score (nSPS) is 13.6. The molecule has 0 radical (unpaired) electrons. The summed E-state index contributed by atoms with van der Waals surface area (Å²) in [5.74, 6) is 1.80. The van der Waals surface area contributed by atoms with Crippen molar-refractivity contribution in [1.82, 2.24) is 4.57 Å². The van der Waals surface area contributed by atoms with Crippen LogP contribution in [0.3, 0.4) is 0 Å². The van der Waals surface area contributed by atoms with E-state index in [2.05, 4.69) is 226 Å². The van der Waals surface area contributed by atoms with Crippen LogP contribution in [0.5, 0.6) is 0 Å². The van der Waals surface area contributed by atoms with Crippen LogP contribution in [0.15, 0.2) is 186 Å². The minimum absolute atomic E-state index is 0.0682. The van der Waals surface area contributed by atoms with Crippen LogP contribution in [0.25, 0.3) is 103 Å². The van der Waals surface area contributed by atoms with Gasteiger partial charge in [-0.05, 0) is 92.8 Å². The molecule has 3 nitrogen and oxygen atoms in total. The van der Waals surface area contributed by atoms with Crippen LogP contribution >= 0.6 is 11.3 Å². The van der Waals surface area contributed by atoms with Crippen LogP contribution in [0, 0.1) is 0 Å². The number of hydrogen-bond acceptors (Lipinski definition) is 3. The Labute approximate surface area is 400 Å². The molecule has 0 saturated heterocycles. The van der Waals surface area contributed by atoms with E-state index in [0.717, 1.165) is 52.1 Å². The van der Waals surface area contributed by atoms with Crippen molar-refractivity contribution in [3.8, 4) is 50.6 Å². The number of rotatable bonds is 5. The Morgan fingerprint density at radius 3 is 1.97 bits per heavy atom. The highest BCUT2D eigenvalue weighted by atomic mass is 32.1. The Morgan fingerprint density at radius 1 is 0.529 bits per heavy atom. The summed E-state index contributed by atoms with van der Waals surface area (Å²) < 4.78 is 12.2. The molecule has 0 unspecified atom stereocenters. The zero-order valence-electron chi connectivity index (χ0n) is 38.8. The molecule has 0 spiro atoms. The Morgan fingerprint density at radius 2 is 1.22 bits per heavy atom. The summed E-state index contributed by atoms with van der Waals surface area (Å²) in [7, 11) is 0.768. The van der Waals surface area contributed by atoms with Gasteiger partial charge in [0.2, 0.25) is 0 Å². The molecule has 0 bridgehead atoms. The topological polar surface area (TPSA) is 30.1 Å². The number of anilines is 2. The van der Waals surface area contributed by atoms with Crippen molar-refractivity contribution < 1.29 is 4.42 Å². The number of nitrogens with one attached hydrogen (secondary N) is 1. The number of benzene rings is 9. The maximum absolute atomic E-state index is 7.04. The molecule has 324 valence electrons. The lowest BCUT2D eigenvalue weighted by molar-refractivity contribution is 0.590. The minimum atomic E-state index is -0.124. The van der Waals surface area contributed by atoms with E-state index in [1.165, 1.54) is 97.5 Å². The van der Waals surface area contributed by atoms with E-state index in [0.29, 0.717) is 0 Å². The van der Waals surface area contributed by atoms with Crippen LogP contribution in [0.2, 0.25) is 0 Å². The maximum Gasteiger partial charge on any atom is 0.198 e. The molecule has 0 saturated carbocycles. The average molecular weight is 891 g/mol. The smallest absolute Gasteiger partial charge is 0.198 e. The molecule has 5 heteroatoms. The second-order valence-electron chi connectivity index (χ2n) is 20.5. The molecule has 1 aliphatic heterocycles. The Balaban J connectivity index is 1.08. The van der Waals surface area contributed by atoms with Crippen molar-refractivity contribution in [3.63, 3.8) is 0 Å². The average Bonchev–Trinajstić information content (AvgIpc) is 4.08. The van der Waals surface area contributed by atoms with Crippen LogP contribution in [-0.4, -0.2) is 11.8 Å². The monoisotopic (exact) mass is 890 g/mol. The second kappa shape index (κ2) is 14.2. The van der Waals surface area contributed by atoms with Crippen LogP contribution in [0.4, 0.5) is 11.4 Å². The van der Waals surface area contributed by atoms with Crippen LogP contribution in [0.1, 0.15) is 51.3 Å². The van der Waals surface area contributed by atoms with Gasteiger partial charge in [0.05, 0.1) is 5.52 Å². The van der Waals surface area contributed by atoms with Gasteiger partial charge in [0.15, 0.2) is 7.28 Å². The summed E-state index contributed by atoms with van der Waals surface area (Å²) in [5.41, 5.74) is 19.8. The van der Waals surface area contributed by atoms with Crippen molar-refractivity contribution in [2.75, 3.05) is 5.32 Å². The number of nitrogens with zero attached hydrogens (tertiary/aromatic N) is 1. The van der Waals surface area contributed by atoms with Crippen molar-refractivity contribution in [2.24, 2.45) is 0 Å². The van der Waals surface area contributed by atoms with E-state index in [4.69, 9.17) is 4.42 Å². The highest BCUT2D eigenvalue weighted by Gasteiger charge is 2.37. The Hall–Kier alpha value is -7.60. The molecule has 14 rings (SSSR count). The molecule has 0 fully saturated rings. The SMILES string of the molecule is CC(C)(C)c1ccc(Nc2cc3sc4ccccc4c3cc2-c2ccc3c4cc5c(cc4n4c3c2Bc2cc3c(-c6ccccc6)oc(-c6ccccc6)c3cc2-4)-c2ccccc2C5(C)C)cc1. The zero-order valence-corrected chi connectivity index (χ0v) is 39.6. The standard InChI is InChI=1S/C63H47BN2OS/c1-62(2,3)38-24-26-39(27-25-38)65-53-35-57-47(41-21-13-15-23-56(41)68-57)30-45(53)42-28-29-43-46-31-51-44(40-20-12-14-22-50(40)63(51,4)5)33-54(46)66-55-34-49-48(32-52(55)64-58(42)59(43)66)60(36-16-8-6-9-17-36)67-61(49)37-18-10-7-11-19-37/h6-35,64-65H,1-5H3. The first-order valence-corrected chi connectivity index (χ1v) is 24.7. The fourth-order valence-electron chi connectivity index (χ4n) is 11.7. The molecule has 2 aliphatic rings. The van der Waals surface area contributed by atoms with E-state index in [9.17, 15) is 0 Å².